The highest BCUT2D eigenvalue weighted by Crippen LogP contribution is 2.29. The summed E-state index contributed by atoms with van der Waals surface area (Å²) in [6.07, 6.45) is 0. The van der Waals surface area contributed by atoms with Crippen LogP contribution < -0.4 is 10.5 Å². The van der Waals surface area contributed by atoms with E-state index in [1.54, 1.807) is 6.07 Å². The number of carboxylic acids is 1. The highest BCUT2D eigenvalue weighted by Gasteiger charge is 2.13. The molecule has 18 heavy (non-hydrogen) atoms. The van der Waals surface area contributed by atoms with E-state index in [-0.39, 0.29) is 17.1 Å². The number of carbonyl (C=O) groups is 1. The van der Waals surface area contributed by atoms with Crippen LogP contribution in [-0.2, 0) is 0 Å². The van der Waals surface area contributed by atoms with Crippen LogP contribution in [0.15, 0.2) is 42.5 Å². The number of carboxylic acid groups (broad SMARTS) is 1. The summed E-state index contributed by atoms with van der Waals surface area (Å²) in [5.41, 5.74) is 5.82. The van der Waals surface area contributed by atoms with Crippen LogP contribution in [0.2, 0.25) is 0 Å². The Bertz CT molecular complexity index is 599. The van der Waals surface area contributed by atoms with Gasteiger partial charge in [0.05, 0.1) is 0 Å². The summed E-state index contributed by atoms with van der Waals surface area (Å²) in [4.78, 5) is 11.0. The third-order valence-corrected chi connectivity index (χ3v) is 2.29. The van der Waals surface area contributed by atoms with Crippen molar-refractivity contribution in [2.45, 2.75) is 0 Å². The fraction of sp³-hybridized carbons (Fsp3) is 0. The Hall–Kier alpha value is -2.56. The van der Waals surface area contributed by atoms with E-state index >= 15 is 0 Å². The van der Waals surface area contributed by atoms with Crippen LogP contribution in [0.25, 0.3) is 0 Å². The number of hydrogen-bond acceptors (Lipinski definition) is 3. The summed E-state index contributed by atoms with van der Waals surface area (Å²) in [6, 6.07) is 9.83. The maximum absolute atomic E-state index is 13.4. The van der Waals surface area contributed by atoms with Gasteiger partial charge in [-0.3, -0.25) is 0 Å². The Balaban J connectivity index is 2.42. The molecule has 2 aromatic carbocycles. The summed E-state index contributed by atoms with van der Waals surface area (Å²) in [5, 5.41) is 8.99. The molecule has 2 aromatic rings. The van der Waals surface area contributed by atoms with Crippen molar-refractivity contribution in [3.63, 3.8) is 0 Å². The molecule has 0 radical (unpaired) electrons. The molecule has 0 aromatic heterocycles. The number of hydrogen-bond donors (Lipinski definition) is 2. The van der Waals surface area contributed by atoms with Gasteiger partial charge in [0.1, 0.15) is 11.3 Å². The van der Waals surface area contributed by atoms with Crippen molar-refractivity contribution < 1.29 is 19.0 Å². The molecule has 0 aliphatic heterocycles. The molecule has 0 heterocycles. The van der Waals surface area contributed by atoms with Crippen molar-refractivity contribution >= 4 is 11.7 Å². The van der Waals surface area contributed by atoms with Crippen LogP contribution >= 0.6 is 0 Å². The SMILES string of the molecule is Nc1ccc(C(=O)O)c(Oc2ccccc2F)c1. The molecule has 0 fully saturated rings. The number of anilines is 1. The Labute approximate surface area is 102 Å². The Morgan fingerprint density at radius 2 is 1.89 bits per heavy atom. The van der Waals surface area contributed by atoms with Gasteiger partial charge in [0.25, 0.3) is 0 Å². The molecule has 0 atom stereocenters. The number of halogens is 1. The molecule has 0 aliphatic rings. The van der Waals surface area contributed by atoms with Crippen LogP contribution in [0, 0.1) is 5.82 Å². The summed E-state index contributed by atoms with van der Waals surface area (Å²) < 4.78 is 18.7. The highest BCUT2D eigenvalue weighted by atomic mass is 19.1. The third kappa shape index (κ3) is 2.40. The summed E-state index contributed by atoms with van der Waals surface area (Å²) in [7, 11) is 0. The molecule has 0 saturated carbocycles. The molecule has 0 unspecified atom stereocenters. The van der Waals surface area contributed by atoms with E-state index < -0.39 is 11.8 Å². The summed E-state index contributed by atoms with van der Waals surface area (Å²) in [6.45, 7) is 0. The minimum Gasteiger partial charge on any atom is -0.478 e. The molecule has 5 heteroatoms. The molecule has 0 aliphatic carbocycles. The van der Waals surface area contributed by atoms with Gasteiger partial charge in [-0.2, -0.15) is 0 Å². The number of nitrogens with two attached hydrogens (primary N) is 1. The first-order valence-electron chi connectivity index (χ1n) is 5.13. The Morgan fingerprint density at radius 1 is 1.17 bits per heavy atom. The van der Waals surface area contributed by atoms with E-state index in [1.165, 1.54) is 36.4 Å². The predicted octanol–water partition coefficient (Wildman–Crippen LogP) is 2.90. The second-order valence-corrected chi connectivity index (χ2v) is 3.59. The van der Waals surface area contributed by atoms with Gasteiger partial charge in [0.15, 0.2) is 11.6 Å². The highest BCUT2D eigenvalue weighted by molar-refractivity contribution is 5.91. The van der Waals surface area contributed by atoms with Crippen molar-refractivity contribution in [2.75, 3.05) is 5.73 Å². The van der Waals surface area contributed by atoms with Gasteiger partial charge in [-0.1, -0.05) is 12.1 Å². The Kier molecular flexibility index (Phi) is 3.14. The van der Waals surface area contributed by atoms with E-state index in [4.69, 9.17) is 15.6 Å². The average Bonchev–Trinajstić information content (AvgIpc) is 2.32. The zero-order valence-electron chi connectivity index (χ0n) is 9.26. The van der Waals surface area contributed by atoms with Crippen LogP contribution in [-0.4, -0.2) is 11.1 Å². The zero-order chi connectivity index (χ0) is 13.1. The van der Waals surface area contributed by atoms with Crippen molar-refractivity contribution in [1.82, 2.24) is 0 Å². The van der Waals surface area contributed by atoms with Gasteiger partial charge >= 0.3 is 5.97 Å². The molecule has 4 nitrogen and oxygen atoms in total. The molecule has 2 rings (SSSR count). The molecule has 0 amide bonds. The van der Waals surface area contributed by atoms with E-state index in [0.717, 1.165) is 0 Å². The van der Waals surface area contributed by atoms with Crippen molar-refractivity contribution in [2.24, 2.45) is 0 Å². The van der Waals surface area contributed by atoms with Crippen molar-refractivity contribution in [3.05, 3.63) is 53.8 Å². The number of rotatable bonds is 3. The normalized spacial score (nSPS) is 10.1. The van der Waals surface area contributed by atoms with E-state index in [0.29, 0.717) is 5.69 Å². The van der Waals surface area contributed by atoms with Gasteiger partial charge in [0.2, 0.25) is 0 Å². The van der Waals surface area contributed by atoms with Crippen LogP contribution in [0.3, 0.4) is 0 Å². The van der Waals surface area contributed by atoms with Gasteiger partial charge in [-0.05, 0) is 24.3 Å². The standard InChI is InChI=1S/C13H10FNO3/c14-10-3-1-2-4-11(10)18-12-7-8(15)5-6-9(12)13(16)17/h1-7H,15H2,(H,16,17). The summed E-state index contributed by atoms with van der Waals surface area (Å²) in [5.74, 6) is -1.78. The molecule has 0 spiro atoms. The summed E-state index contributed by atoms with van der Waals surface area (Å²) >= 11 is 0. The number of nitrogen functional groups attached to an aromatic ring is 1. The maximum Gasteiger partial charge on any atom is 0.339 e. The van der Waals surface area contributed by atoms with Gasteiger partial charge in [-0.15, -0.1) is 0 Å². The topological polar surface area (TPSA) is 72.6 Å². The Morgan fingerprint density at radius 3 is 2.56 bits per heavy atom. The number of ether oxygens (including phenoxy) is 1. The van der Waals surface area contributed by atoms with Crippen LogP contribution in [0.5, 0.6) is 11.5 Å². The minimum atomic E-state index is -1.17. The van der Waals surface area contributed by atoms with E-state index in [9.17, 15) is 9.18 Å². The molecular formula is C13H10FNO3. The van der Waals surface area contributed by atoms with E-state index in [2.05, 4.69) is 0 Å². The predicted molar refractivity (Wildman–Crippen MR) is 64.3 cm³/mol. The molecule has 3 N–H and O–H groups in total. The number of aromatic carboxylic acids is 1. The molecular weight excluding hydrogens is 237 g/mol. The number of para-hydroxylation sites is 1. The largest absolute Gasteiger partial charge is 0.478 e. The smallest absolute Gasteiger partial charge is 0.339 e. The minimum absolute atomic E-state index is 0.00704. The quantitative estimate of drug-likeness (QED) is 0.818. The lowest BCUT2D eigenvalue weighted by molar-refractivity contribution is 0.0694. The number of benzene rings is 2. The zero-order valence-corrected chi connectivity index (χ0v) is 9.26. The van der Waals surface area contributed by atoms with Gasteiger partial charge < -0.3 is 15.6 Å². The fourth-order valence-electron chi connectivity index (χ4n) is 1.45. The lowest BCUT2D eigenvalue weighted by Crippen LogP contribution is -2.01. The fourth-order valence-corrected chi connectivity index (χ4v) is 1.45. The second kappa shape index (κ2) is 4.75. The van der Waals surface area contributed by atoms with Gasteiger partial charge in [0, 0.05) is 11.8 Å². The lowest BCUT2D eigenvalue weighted by atomic mass is 10.2. The molecule has 92 valence electrons. The van der Waals surface area contributed by atoms with E-state index in [1.807, 2.05) is 0 Å². The third-order valence-electron chi connectivity index (χ3n) is 2.29. The maximum atomic E-state index is 13.4. The van der Waals surface area contributed by atoms with Crippen LogP contribution in [0.4, 0.5) is 10.1 Å². The van der Waals surface area contributed by atoms with Crippen molar-refractivity contribution in [1.29, 1.82) is 0 Å². The van der Waals surface area contributed by atoms with Gasteiger partial charge in [-0.25, -0.2) is 9.18 Å². The molecule has 0 saturated heterocycles. The lowest BCUT2D eigenvalue weighted by Gasteiger charge is -2.10. The first-order chi connectivity index (χ1) is 8.58. The second-order valence-electron chi connectivity index (χ2n) is 3.59. The first-order valence-corrected chi connectivity index (χ1v) is 5.13. The van der Waals surface area contributed by atoms with Crippen LogP contribution in [0.1, 0.15) is 10.4 Å². The molecule has 0 bridgehead atoms. The average molecular weight is 247 g/mol. The van der Waals surface area contributed by atoms with Crippen molar-refractivity contribution in [3.8, 4) is 11.5 Å². The first kappa shape index (κ1) is 11.9. The monoisotopic (exact) mass is 247 g/mol.